The number of thioether (sulfide) groups is 1. The third kappa shape index (κ3) is 5.20. The van der Waals surface area contributed by atoms with E-state index in [4.69, 9.17) is 9.84 Å². The van der Waals surface area contributed by atoms with Gasteiger partial charge in [-0.05, 0) is 24.0 Å². The molecule has 2 heterocycles. The van der Waals surface area contributed by atoms with Crippen LogP contribution in [0.4, 0.5) is 5.82 Å². The fourth-order valence-electron chi connectivity index (χ4n) is 2.45. The van der Waals surface area contributed by atoms with Crippen LogP contribution in [0.15, 0.2) is 40.5 Å². The molecule has 1 fully saturated rings. The summed E-state index contributed by atoms with van der Waals surface area (Å²) < 4.78 is 7.06. The number of amidine groups is 1. The first-order valence-electron chi connectivity index (χ1n) is 8.54. The monoisotopic (exact) mass is 432 g/mol. The van der Waals surface area contributed by atoms with Crippen molar-refractivity contribution in [2.24, 2.45) is 10.2 Å². The molecule has 1 aromatic heterocycles. The molecular weight excluding hydrogens is 416 g/mol. The molecule has 1 atom stereocenters. The van der Waals surface area contributed by atoms with Gasteiger partial charge in [0, 0.05) is 5.56 Å². The van der Waals surface area contributed by atoms with Crippen molar-refractivity contribution in [3.8, 4) is 5.75 Å². The summed E-state index contributed by atoms with van der Waals surface area (Å²) in [5, 5.41) is 33.2. The SMILES string of the molecule is Cc1cc([N+](=O)[O-])nn1COc1ccccc1C=NN=C1NC(=O)C(CC(=O)O)S1. The lowest BCUT2D eigenvalue weighted by Gasteiger charge is -2.07. The van der Waals surface area contributed by atoms with E-state index < -0.39 is 22.0 Å². The molecule has 1 unspecified atom stereocenters. The van der Waals surface area contributed by atoms with Crippen LogP contribution in [0.1, 0.15) is 17.7 Å². The highest BCUT2D eigenvalue weighted by Crippen LogP contribution is 2.22. The molecule has 156 valence electrons. The van der Waals surface area contributed by atoms with Gasteiger partial charge in [0.2, 0.25) is 12.6 Å². The van der Waals surface area contributed by atoms with E-state index in [0.29, 0.717) is 17.0 Å². The zero-order valence-electron chi connectivity index (χ0n) is 15.6. The van der Waals surface area contributed by atoms with Crippen molar-refractivity contribution in [1.29, 1.82) is 0 Å². The number of nitrogens with zero attached hydrogens (tertiary/aromatic N) is 5. The highest BCUT2D eigenvalue weighted by Gasteiger charge is 2.32. The van der Waals surface area contributed by atoms with Crippen molar-refractivity contribution >= 4 is 40.8 Å². The number of nitrogens with one attached hydrogen (secondary N) is 1. The second kappa shape index (κ2) is 9.17. The third-order valence-corrected chi connectivity index (χ3v) is 4.97. The molecule has 2 N–H and O–H groups in total. The number of rotatable bonds is 8. The predicted octanol–water partition coefficient (Wildman–Crippen LogP) is 1.53. The Morgan fingerprint density at radius 1 is 1.50 bits per heavy atom. The number of amides is 1. The second-order valence-corrected chi connectivity index (χ2v) is 7.25. The molecule has 0 bridgehead atoms. The van der Waals surface area contributed by atoms with Crippen molar-refractivity contribution in [3.05, 3.63) is 51.7 Å². The van der Waals surface area contributed by atoms with Crippen LogP contribution in [0.5, 0.6) is 5.75 Å². The van der Waals surface area contributed by atoms with Crippen LogP contribution in [0.3, 0.4) is 0 Å². The van der Waals surface area contributed by atoms with Crippen molar-refractivity contribution in [3.63, 3.8) is 0 Å². The number of hydrogen-bond donors (Lipinski definition) is 2. The Balaban J connectivity index is 1.66. The number of aromatic nitrogens is 2. The highest BCUT2D eigenvalue weighted by atomic mass is 32.2. The van der Waals surface area contributed by atoms with Gasteiger partial charge in [-0.3, -0.25) is 9.59 Å². The first kappa shape index (κ1) is 21.0. The van der Waals surface area contributed by atoms with E-state index >= 15 is 0 Å². The highest BCUT2D eigenvalue weighted by molar-refractivity contribution is 8.15. The number of para-hydroxylation sites is 1. The first-order valence-corrected chi connectivity index (χ1v) is 9.42. The molecule has 3 rings (SSSR count). The number of carbonyl (C=O) groups is 2. The number of benzene rings is 1. The normalized spacial score (nSPS) is 17.4. The lowest BCUT2D eigenvalue weighted by Crippen LogP contribution is -2.26. The zero-order chi connectivity index (χ0) is 21.7. The average molecular weight is 432 g/mol. The van der Waals surface area contributed by atoms with Gasteiger partial charge >= 0.3 is 11.8 Å². The van der Waals surface area contributed by atoms with E-state index in [1.165, 1.54) is 17.0 Å². The predicted molar refractivity (Wildman–Crippen MR) is 107 cm³/mol. The number of ether oxygens (including phenoxy) is 1. The topological polar surface area (TPSA) is 161 Å². The Morgan fingerprint density at radius 3 is 2.97 bits per heavy atom. The van der Waals surface area contributed by atoms with Crippen molar-refractivity contribution in [2.75, 3.05) is 0 Å². The lowest BCUT2D eigenvalue weighted by atomic mass is 10.2. The van der Waals surface area contributed by atoms with Gasteiger partial charge in [0.25, 0.3) is 0 Å². The van der Waals surface area contributed by atoms with Crippen LogP contribution in [0.25, 0.3) is 0 Å². The Bertz CT molecular complexity index is 1050. The van der Waals surface area contributed by atoms with Crippen molar-refractivity contribution in [2.45, 2.75) is 25.3 Å². The fraction of sp³-hybridized carbons (Fsp3) is 0.235. The van der Waals surface area contributed by atoms with Crippen molar-refractivity contribution in [1.82, 2.24) is 15.1 Å². The number of hydrogen-bond acceptors (Lipinski definition) is 9. The van der Waals surface area contributed by atoms with Gasteiger partial charge in [-0.15, -0.1) is 9.78 Å². The van der Waals surface area contributed by atoms with E-state index in [0.717, 1.165) is 11.8 Å². The summed E-state index contributed by atoms with van der Waals surface area (Å²) in [6.07, 6.45) is 1.11. The second-order valence-electron chi connectivity index (χ2n) is 6.06. The Labute approximate surface area is 173 Å². The van der Waals surface area contributed by atoms with Gasteiger partial charge in [0.15, 0.2) is 5.17 Å². The van der Waals surface area contributed by atoms with Crippen LogP contribution >= 0.6 is 11.8 Å². The average Bonchev–Trinajstić information content (AvgIpc) is 3.23. The third-order valence-electron chi connectivity index (χ3n) is 3.90. The number of carboxylic acid groups (broad SMARTS) is 1. The van der Waals surface area contributed by atoms with Crippen molar-refractivity contribution < 1.29 is 24.4 Å². The van der Waals surface area contributed by atoms with Gasteiger partial charge in [0.1, 0.15) is 11.0 Å². The molecule has 0 aliphatic carbocycles. The van der Waals surface area contributed by atoms with Crippen LogP contribution in [0.2, 0.25) is 0 Å². The van der Waals surface area contributed by atoms with E-state index in [1.54, 1.807) is 31.2 Å². The number of nitro groups is 1. The minimum absolute atomic E-state index is 0.0399. The molecule has 12 nitrogen and oxygen atoms in total. The van der Waals surface area contributed by atoms with E-state index in [9.17, 15) is 19.7 Å². The van der Waals surface area contributed by atoms with Gasteiger partial charge in [-0.1, -0.05) is 23.9 Å². The van der Waals surface area contributed by atoms with Gasteiger partial charge in [-0.25, -0.2) is 0 Å². The summed E-state index contributed by atoms with van der Waals surface area (Å²) in [6.45, 7) is 1.64. The number of aryl methyl sites for hydroxylation is 1. The molecule has 0 radical (unpaired) electrons. The maximum atomic E-state index is 11.7. The molecule has 0 spiro atoms. The summed E-state index contributed by atoms with van der Waals surface area (Å²) in [6, 6.07) is 8.28. The molecule has 30 heavy (non-hydrogen) atoms. The quantitative estimate of drug-likeness (QED) is 0.360. The van der Waals surface area contributed by atoms with Crippen LogP contribution in [-0.4, -0.2) is 48.3 Å². The summed E-state index contributed by atoms with van der Waals surface area (Å²) in [5.74, 6) is -1.31. The summed E-state index contributed by atoms with van der Waals surface area (Å²) in [4.78, 5) is 32.7. The summed E-state index contributed by atoms with van der Waals surface area (Å²) in [7, 11) is 0. The van der Waals surface area contributed by atoms with Crippen LogP contribution in [-0.2, 0) is 16.3 Å². The van der Waals surface area contributed by atoms with E-state index in [1.807, 2.05) is 0 Å². The maximum Gasteiger partial charge on any atom is 0.390 e. The number of carboxylic acids is 1. The smallest absolute Gasteiger partial charge is 0.390 e. The van der Waals surface area contributed by atoms with Gasteiger partial charge in [-0.2, -0.15) is 5.10 Å². The molecule has 2 aromatic rings. The molecule has 1 amide bonds. The lowest BCUT2D eigenvalue weighted by molar-refractivity contribution is -0.389. The standard InChI is InChI=1S/C17H16N6O6S/c1-10-6-14(23(27)28)21-22(10)9-29-12-5-3-2-4-11(12)8-18-20-17-19-16(26)13(30-17)7-15(24)25/h2-6,8,13H,7,9H2,1H3,(H,24,25)(H,19,20,26). The van der Waals surface area contributed by atoms with Gasteiger partial charge in [0.05, 0.1) is 29.5 Å². The van der Waals surface area contributed by atoms with Crippen LogP contribution in [0, 0.1) is 17.0 Å². The molecule has 1 aliphatic rings. The maximum absolute atomic E-state index is 11.7. The minimum Gasteiger partial charge on any atom is -0.481 e. The van der Waals surface area contributed by atoms with E-state index in [2.05, 4.69) is 20.6 Å². The number of carbonyl (C=O) groups excluding carboxylic acids is 1. The minimum atomic E-state index is -1.07. The Hall–Kier alpha value is -3.74. The molecule has 0 saturated carbocycles. The largest absolute Gasteiger partial charge is 0.481 e. The molecule has 13 heteroatoms. The summed E-state index contributed by atoms with van der Waals surface area (Å²) in [5.41, 5.74) is 1.15. The Morgan fingerprint density at radius 2 is 2.27 bits per heavy atom. The first-order chi connectivity index (χ1) is 14.3. The molecule has 1 aromatic carbocycles. The molecular formula is C17H16N6O6S. The Kier molecular flexibility index (Phi) is 6.41. The summed E-state index contributed by atoms with van der Waals surface area (Å²) >= 11 is 0.997. The fourth-order valence-corrected chi connectivity index (χ4v) is 3.37. The molecule has 1 aliphatic heterocycles. The number of aliphatic carboxylic acids is 1. The molecule has 1 saturated heterocycles. The van der Waals surface area contributed by atoms with Crippen LogP contribution < -0.4 is 10.1 Å². The van der Waals surface area contributed by atoms with E-state index in [-0.39, 0.29) is 24.1 Å². The zero-order valence-corrected chi connectivity index (χ0v) is 16.4. The van der Waals surface area contributed by atoms with Gasteiger partial charge < -0.3 is 25.3 Å².